The van der Waals surface area contributed by atoms with E-state index in [4.69, 9.17) is 28.4 Å². The summed E-state index contributed by atoms with van der Waals surface area (Å²) in [6.45, 7) is 2.48. The van der Waals surface area contributed by atoms with Crippen LogP contribution in [0.4, 0.5) is 0 Å². The SMILES string of the molecule is CCC/C=C/C/C=C/C/C=C/C/C=C/CCCCCC(=O)O[C@H](COC(=O)CCCCCCCCCCCCCCC)CO[C@H]1O[C@@H](CO[C@H]2O[C@@H](CO)[C@@H](O)C(O)C2O)[C@@H](O)C(O)C1O. The molecule has 0 aliphatic carbocycles. The van der Waals surface area contributed by atoms with Crippen LogP contribution in [0.15, 0.2) is 48.6 Å². The number of aliphatic hydroxyl groups excluding tert-OH is 7. The lowest BCUT2D eigenvalue weighted by molar-refractivity contribution is -0.332. The molecule has 0 bridgehead atoms. The Labute approximate surface area is 395 Å². The summed E-state index contributed by atoms with van der Waals surface area (Å²) in [6, 6.07) is 0. The number of carbonyl (C=O) groups excluding carboxylic acids is 2. The summed E-state index contributed by atoms with van der Waals surface area (Å²) >= 11 is 0. The molecule has 0 radical (unpaired) electrons. The highest BCUT2D eigenvalue weighted by atomic mass is 16.7. The smallest absolute Gasteiger partial charge is 0.306 e. The molecule has 15 nitrogen and oxygen atoms in total. The van der Waals surface area contributed by atoms with E-state index in [0.717, 1.165) is 64.2 Å². The Morgan fingerprint density at radius 1 is 0.485 bits per heavy atom. The van der Waals surface area contributed by atoms with Crippen molar-refractivity contribution in [1.29, 1.82) is 0 Å². The van der Waals surface area contributed by atoms with Gasteiger partial charge in [-0.1, -0.05) is 152 Å². The van der Waals surface area contributed by atoms with E-state index in [1.54, 1.807) is 0 Å². The van der Waals surface area contributed by atoms with Gasteiger partial charge in [-0.25, -0.2) is 0 Å². The molecule has 0 saturated carbocycles. The summed E-state index contributed by atoms with van der Waals surface area (Å²) in [5, 5.41) is 72.0. The highest BCUT2D eigenvalue weighted by Crippen LogP contribution is 2.26. The number of esters is 2. The Bertz CT molecular complexity index is 1340. The van der Waals surface area contributed by atoms with Gasteiger partial charge in [-0.3, -0.25) is 9.59 Å². The van der Waals surface area contributed by atoms with Gasteiger partial charge in [0.05, 0.1) is 19.8 Å². The third-order valence-corrected chi connectivity index (χ3v) is 11.8. The highest BCUT2D eigenvalue weighted by molar-refractivity contribution is 5.70. The number of carbonyl (C=O) groups is 2. The maximum absolute atomic E-state index is 13.0. The molecule has 2 rings (SSSR count). The molecule has 2 saturated heterocycles. The van der Waals surface area contributed by atoms with E-state index < -0.39 is 99.3 Å². The predicted molar refractivity (Wildman–Crippen MR) is 252 cm³/mol. The van der Waals surface area contributed by atoms with Crippen LogP contribution in [0.1, 0.15) is 168 Å². The van der Waals surface area contributed by atoms with E-state index in [1.807, 2.05) is 0 Å². The largest absolute Gasteiger partial charge is 0.462 e. The number of unbranched alkanes of at least 4 members (excludes halogenated alkanes) is 16. The second kappa shape index (κ2) is 38.3. The summed E-state index contributed by atoms with van der Waals surface area (Å²) in [7, 11) is 0. The molecule has 7 N–H and O–H groups in total. The minimum absolute atomic E-state index is 0.128. The van der Waals surface area contributed by atoms with Crippen LogP contribution < -0.4 is 0 Å². The van der Waals surface area contributed by atoms with Gasteiger partial charge in [-0.05, 0) is 51.4 Å². The fourth-order valence-electron chi connectivity index (χ4n) is 7.62. The molecule has 11 atom stereocenters. The molecule has 0 aromatic carbocycles. The fraction of sp³-hybridized carbons (Fsp3) is 0.804. The van der Waals surface area contributed by atoms with Crippen molar-refractivity contribution in [2.75, 3.05) is 26.4 Å². The molecule has 0 amide bonds. The van der Waals surface area contributed by atoms with Gasteiger partial charge >= 0.3 is 11.9 Å². The molecular weight excluding hydrogens is 853 g/mol. The quantitative estimate of drug-likeness (QED) is 0.0194. The Morgan fingerprint density at radius 2 is 0.939 bits per heavy atom. The van der Waals surface area contributed by atoms with Crippen molar-refractivity contribution in [2.24, 2.45) is 0 Å². The predicted octanol–water partition coefficient (Wildman–Crippen LogP) is 6.71. The molecule has 0 aromatic heterocycles. The zero-order valence-electron chi connectivity index (χ0n) is 40.2. The van der Waals surface area contributed by atoms with Gasteiger partial charge in [0.15, 0.2) is 18.7 Å². The number of hydrogen-bond donors (Lipinski definition) is 7. The van der Waals surface area contributed by atoms with Gasteiger partial charge in [0, 0.05) is 12.8 Å². The second-order valence-electron chi connectivity index (χ2n) is 17.6. The molecule has 2 aliphatic rings. The van der Waals surface area contributed by atoms with E-state index in [0.29, 0.717) is 12.8 Å². The molecule has 0 aromatic rings. The lowest BCUT2D eigenvalue weighted by Gasteiger charge is -2.42. The van der Waals surface area contributed by atoms with E-state index in [1.165, 1.54) is 64.2 Å². The van der Waals surface area contributed by atoms with Gasteiger partial charge in [0.2, 0.25) is 0 Å². The lowest BCUT2D eigenvalue weighted by Crippen LogP contribution is -2.61. The van der Waals surface area contributed by atoms with Gasteiger partial charge < -0.3 is 64.2 Å². The third kappa shape index (κ3) is 26.3. The molecule has 2 aliphatic heterocycles. The van der Waals surface area contributed by atoms with E-state index >= 15 is 0 Å². The van der Waals surface area contributed by atoms with Crippen LogP contribution in [-0.4, -0.2) is 142 Å². The van der Waals surface area contributed by atoms with Crippen molar-refractivity contribution in [3.63, 3.8) is 0 Å². The van der Waals surface area contributed by atoms with Crippen molar-refractivity contribution in [2.45, 2.75) is 235 Å². The van der Waals surface area contributed by atoms with Crippen molar-refractivity contribution in [3.05, 3.63) is 48.6 Å². The molecule has 15 heteroatoms. The minimum atomic E-state index is -1.77. The van der Waals surface area contributed by atoms with Crippen LogP contribution in [0.5, 0.6) is 0 Å². The average Bonchev–Trinajstić information content (AvgIpc) is 3.31. The summed E-state index contributed by atoms with van der Waals surface area (Å²) in [5.74, 6) is -0.961. The second-order valence-corrected chi connectivity index (χ2v) is 17.6. The molecule has 0 spiro atoms. The normalized spacial score (nSPS) is 26.6. The zero-order chi connectivity index (χ0) is 48.2. The molecule has 4 unspecified atom stereocenters. The third-order valence-electron chi connectivity index (χ3n) is 11.8. The van der Waals surface area contributed by atoms with Gasteiger partial charge in [0.1, 0.15) is 55.4 Å². The highest BCUT2D eigenvalue weighted by Gasteiger charge is 2.47. The van der Waals surface area contributed by atoms with Crippen LogP contribution in [-0.2, 0) is 38.0 Å². The minimum Gasteiger partial charge on any atom is -0.462 e. The van der Waals surface area contributed by atoms with Gasteiger partial charge in [-0.15, -0.1) is 0 Å². The van der Waals surface area contributed by atoms with Crippen LogP contribution in [0.2, 0.25) is 0 Å². The fourth-order valence-corrected chi connectivity index (χ4v) is 7.62. The monoisotopic (exact) mass is 941 g/mol. The number of allylic oxidation sites excluding steroid dienone is 8. The maximum atomic E-state index is 13.0. The molecule has 2 heterocycles. The van der Waals surface area contributed by atoms with E-state index in [9.17, 15) is 45.3 Å². The first-order chi connectivity index (χ1) is 32.0. The molecule has 66 heavy (non-hydrogen) atoms. The van der Waals surface area contributed by atoms with Gasteiger partial charge in [-0.2, -0.15) is 0 Å². The number of hydrogen-bond acceptors (Lipinski definition) is 15. The van der Waals surface area contributed by atoms with Gasteiger partial charge in [0.25, 0.3) is 0 Å². The van der Waals surface area contributed by atoms with Crippen molar-refractivity contribution in [3.8, 4) is 0 Å². The van der Waals surface area contributed by atoms with Crippen molar-refractivity contribution < 1.29 is 73.8 Å². The Hall–Kier alpha value is -2.54. The topological polar surface area (TPSA) is 231 Å². The Balaban J connectivity index is 1.84. The average molecular weight is 941 g/mol. The zero-order valence-corrected chi connectivity index (χ0v) is 40.2. The molecule has 2 fully saturated rings. The van der Waals surface area contributed by atoms with E-state index in [2.05, 4.69) is 62.5 Å². The number of ether oxygens (including phenoxy) is 6. The van der Waals surface area contributed by atoms with Crippen LogP contribution in [0, 0.1) is 0 Å². The number of aliphatic hydroxyl groups is 7. The van der Waals surface area contributed by atoms with Crippen molar-refractivity contribution in [1.82, 2.24) is 0 Å². The van der Waals surface area contributed by atoms with E-state index in [-0.39, 0.29) is 19.4 Å². The summed E-state index contributed by atoms with van der Waals surface area (Å²) in [5.41, 5.74) is 0. The first-order valence-corrected chi connectivity index (χ1v) is 25.2. The Kier molecular flexibility index (Phi) is 34.6. The first-order valence-electron chi connectivity index (χ1n) is 25.2. The van der Waals surface area contributed by atoms with Crippen molar-refractivity contribution >= 4 is 11.9 Å². The molecular formula is C51H88O15. The van der Waals surface area contributed by atoms with Crippen LogP contribution in [0.25, 0.3) is 0 Å². The first kappa shape index (κ1) is 59.6. The summed E-state index contributed by atoms with van der Waals surface area (Å²) < 4.78 is 33.5. The Morgan fingerprint density at radius 3 is 1.48 bits per heavy atom. The summed E-state index contributed by atoms with van der Waals surface area (Å²) in [4.78, 5) is 25.7. The standard InChI is InChI=1S/C51H88O15/c1-3-5-7-9-11-13-15-17-18-19-20-22-24-26-28-30-32-34-43(54)64-39(36-61-42(53)33-31-29-27-25-23-21-16-14-12-10-8-6-4-2)37-62-50-49(60)47(58)45(56)41(66-50)38-63-51-48(59)46(57)44(55)40(35-52)65-51/h7,9,13,15,18-19,22,24,39-41,44-52,55-60H,3-6,8,10-12,14,16-17,20-21,23,25-38H2,1-2H3/b9-7+,15-13+,19-18+,24-22+/t39-,40+,41+,44-,45-,46?,47?,48?,49?,50+,51+/m1/s1. The molecule has 382 valence electrons. The van der Waals surface area contributed by atoms with Crippen LogP contribution in [0.3, 0.4) is 0 Å². The lowest BCUT2D eigenvalue weighted by atomic mass is 9.98. The summed E-state index contributed by atoms with van der Waals surface area (Å²) in [6.07, 6.45) is 24.2. The maximum Gasteiger partial charge on any atom is 0.306 e. The number of rotatable bonds is 38. The van der Waals surface area contributed by atoms with Crippen LogP contribution >= 0.6 is 0 Å².